The Morgan fingerprint density at radius 2 is 1.70 bits per heavy atom. The van der Waals surface area contributed by atoms with Crippen molar-refractivity contribution in [3.63, 3.8) is 0 Å². The summed E-state index contributed by atoms with van der Waals surface area (Å²) in [5.74, 6) is 0.589. The van der Waals surface area contributed by atoms with Crippen LogP contribution in [0.25, 0.3) is 0 Å². The van der Waals surface area contributed by atoms with E-state index in [4.69, 9.17) is 0 Å². The molecule has 2 fully saturated rings. The SMILES string of the molecule is CC(C)c1ccc(S(=O)(=O)N2CCCC(NC(=O)C3CCCCC3)C2)cc1. The molecule has 3 rings (SSSR count). The van der Waals surface area contributed by atoms with Gasteiger partial charge in [-0.15, -0.1) is 0 Å². The van der Waals surface area contributed by atoms with Crippen molar-refractivity contribution < 1.29 is 13.2 Å². The molecule has 1 unspecified atom stereocenters. The van der Waals surface area contributed by atoms with E-state index in [9.17, 15) is 13.2 Å². The van der Waals surface area contributed by atoms with Crippen LogP contribution in [-0.2, 0) is 14.8 Å². The van der Waals surface area contributed by atoms with Crippen LogP contribution >= 0.6 is 0 Å². The van der Waals surface area contributed by atoms with E-state index in [2.05, 4.69) is 19.2 Å². The van der Waals surface area contributed by atoms with E-state index in [0.29, 0.717) is 23.9 Å². The molecule has 0 bridgehead atoms. The lowest BCUT2D eigenvalue weighted by Gasteiger charge is -2.33. The van der Waals surface area contributed by atoms with Crippen LogP contribution in [0.4, 0.5) is 0 Å². The molecule has 1 aliphatic carbocycles. The molecule has 1 aromatic carbocycles. The summed E-state index contributed by atoms with van der Waals surface area (Å²) in [5.41, 5.74) is 1.13. The average Bonchev–Trinajstić information content (AvgIpc) is 2.69. The topological polar surface area (TPSA) is 66.5 Å². The number of carbonyl (C=O) groups is 1. The second-order valence-corrected chi connectivity index (χ2v) is 10.2. The van der Waals surface area contributed by atoms with E-state index >= 15 is 0 Å². The number of sulfonamides is 1. The third-order valence-electron chi connectivity index (χ3n) is 5.89. The van der Waals surface area contributed by atoms with Crippen molar-refractivity contribution in [3.8, 4) is 0 Å². The molecule has 1 saturated heterocycles. The number of nitrogens with zero attached hydrogens (tertiary/aromatic N) is 1. The first-order chi connectivity index (χ1) is 12.9. The fraction of sp³-hybridized carbons (Fsp3) is 0.667. The van der Waals surface area contributed by atoms with E-state index < -0.39 is 10.0 Å². The number of rotatable bonds is 5. The predicted octanol–water partition coefficient (Wildman–Crippen LogP) is 3.66. The van der Waals surface area contributed by atoms with Gasteiger partial charge in [0.25, 0.3) is 0 Å². The molecule has 1 atom stereocenters. The zero-order valence-corrected chi connectivity index (χ0v) is 17.3. The molecule has 1 saturated carbocycles. The zero-order chi connectivity index (χ0) is 19.4. The van der Waals surface area contributed by atoms with Crippen LogP contribution in [0, 0.1) is 5.92 Å². The maximum atomic E-state index is 13.0. The van der Waals surface area contributed by atoms with Gasteiger partial charge in [-0.3, -0.25) is 4.79 Å². The highest BCUT2D eigenvalue weighted by molar-refractivity contribution is 7.89. The van der Waals surface area contributed by atoms with Crippen molar-refractivity contribution in [2.45, 2.75) is 75.6 Å². The van der Waals surface area contributed by atoms with Crippen LogP contribution < -0.4 is 5.32 Å². The van der Waals surface area contributed by atoms with E-state index in [1.165, 1.54) is 10.7 Å². The Labute approximate surface area is 163 Å². The maximum Gasteiger partial charge on any atom is 0.243 e. The molecule has 0 aromatic heterocycles. The minimum atomic E-state index is -3.52. The molecule has 2 aliphatic rings. The van der Waals surface area contributed by atoms with Gasteiger partial charge in [-0.05, 0) is 49.3 Å². The zero-order valence-electron chi connectivity index (χ0n) is 16.5. The first-order valence-corrected chi connectivity index (χ1v) is 11.7. The molecule has 1 N–H and O–H groups in total. The Morgan fingerprint density at radius 1 is 1.04 bits per heavy atom. The van der Waals surface area contributed by atoms with Crippen molar-refractivity contribution in [2.24, 2.45) is 5.92 Å². The van der Waals surface area contributed by atoms with Gasteiger partial charge in [0, 0.05) is 25.0 Å². The Balaban J connectivity index is 1.64. The molecule has 1 heterocycles. The van der Waals surface area contributed by atoms with Crippen molar-refractivity contribution >= 4 is 15.9 Å². The Kier molecular flexibility index (Phi) is 6.58. The third kappa shape index (κ3) is 4.91. The van der Waals surface area contributed by atoms with Gasteiger partial charge in [-0.25, -0.2) is 8.42 Å². The predicted molar refractivity (Wildman–Crippen MR) is 107 cm³/mol. The second-order valence-electron chi connectivity index (χ2n) is 8.27. The summed E-state index contributed by atoms with van der Waals surface area (Å²) in [6, 6.07) is 7.11. The van der Waals surface area contributed by atoms with Gasteiger partial charge >= 0.3 is 0 Å². The van der Waals surface area contributed by atoms with Crippen LogP contribution in [0.5, 0.6) is 0 Å². The molecule has 0 spiro atoms. The van der Waals surface area contributed by atoms with Gasteiger partial charge in [0.05, 0.1) is 4.90 Å². The van der Waals surface area contributed by atoms with Gasteiger partial charge in [-0.1, -0.05) is 45.2 Å². The Morgan fingerprint density at radius 3 is 2.33 bits per heavy atom. The summed E-state index contributed by atoms with van der Waals surface area (Å²) in [7, 11) is -3.52. The number of amides is 1. The van der Waals surface area contributed by atoms with Gasteiger partial charge < -0.3 is 5.32 Å². The number of benzene rings is 1. The molecule has 0 radical (unpaired) electrons. The molecule has 150 valence electrons. The minimum Gasteiger partial charge on any atom is -0.352 e. The summed E-state index contributed by atoms with van der Waals surface area (Å²) in [6.45, 7) is 5.07. The normalized spacial score (nSPS) is 22.7. The number of hydrogen-bond acceptors (Lipinski definition) is 3. The molecular weight excluding hydrogens is 360 g/mol. The maximum absolute atomic E-state index is 13.0. The minimum absolute atomic E-state index is 0.0853. The first-order valence-electron chi connectivity index (χ1n) is 10.3. The van der Waals surface area contributed by atoms with E-state index in [1.54, 1.807) is 12.1 Å². The van der Waals surface area contributed by atoms with Gasteiger partial charge in [0.2, 0.25) is 15.9 Å². The summed E-state index contributed by atoms with van der Waals surface area (Å²) in [4.78, 5) is 12.9. The van der Waals surface area contributed by atoms with Crippen LogP contribution in [-0.4, -0.2) is 37.8 Å². The highest BCUT2D eigenvalue weighted by atomic mass is 32.2. The quantitative estimate of drug-likeness (QED) is 0.831. The molecular formula is C21H32N2O3S. The van der Waals surface area contributed by atoms with E-state index in [1.807, 2.05) is 12.1 Å². The largest absolute Gasteiger partial charge is 0.352 e. The van der Waals surface area contributed by atoms with E-state index in [0.717, 1.165) is 44.1 Å². The molecule has 1 aromatic rings. The summed E-state index contributed by atoms with van der Waals surface area (Å²) < 4.78 is 27.6. The molecule has 1 amide bonds. The Hall–Kier alpha value is -1.40. The number of nitrogens with one attached hydrogen (secondary N) is 1. The summed E-state index contributed by atoms with van der Waals surface area (Å²) in [6.07, 6.45) is 7.00. The smallest absolute Gasteiger partial charge is 0.243 e. The first kappa shape index (κ1) is 20.3. The summed E-state index contributed by atoms with van der Waals surface area (Å²) >= 11 is 0. The fourth-order valence-electron chi connectivity index (χ4n) is 4.14. The lowest BCUT2D eigenvalue weighted by molar-refractivity contribution is -0.126. The molecule has 5 nitrogen and oxygen atoms in total. The van der Waals surface area contributed by atoms with Gasteiger partial charge in [-0.2, -0.15) is 4.31 Å². The van der Waals surface area contributed by atoms with Crippen LogP contribution in [0.2, 0.25) is 0 Å². The molecule has 6 heteroatoms. The monoisotopic (exact) mass is 392 g/mol. The Bertz CT molecular complexity index is 737. The average molecular weight is 393 g/mol. The van der Waals surface area contributed by atoms with Crippen molar-refractivity contribution in [3.05, 3.63) is 29.8 Å². The highest BCUT2D eigenvalue weighted by Gasteiger charge is 2.32. The van der Waals surface area contributed by atoms with Gasteiger partial charge in [0.1, 0.15) is 0 Å². The van der Waals surface area contributed by atoms with Crippen molar-refractivity contribution in [1.82, 2.24) is 9.62 Å². The van der Waals surface area contributed by atoms with Crippen LogP contribution in [0.15, 0.2) is 29.2 Å². The van der Waals surface area contributed by atoms with Crippen LogP contribution in [0.1, 0.15) is 70.3 Å². The summed E-state index contributed by atoms with van der Waals surface area (Å²) in [5, 5.41) is 3.12. The molecule has 1 aliphatic heterocycles. The fourth-order valence-corrected chi connectivity index (χ4v) is 5.66. The number of piperidine rings is 1. The van der Waals surface area contributed by atoms with E-state index in [-0.39, 0.29) is 17.9 Å². The lowest BCUT2D eigenvalue weighted by atomic mass is 9.88. The number of hydrogen-bond donors (Lipinski definition) is 1. The van der Waals surface area contributed by atoms with Gasteiger partial charge in [0.15, 0.2) is 0 Å². The van der Waals surface area contributed by atoms with Crippen LogP contribution in [0.3, 0.4) is 0 Å². The lowest BCUT2D eigenvalue weighted by Crippen LogP contribution is -2.50. The molecule has 27 heavy (non-hydrogen) atoms. The third-order valence-corrected chi connectivity index (χ3v) is 7.77. The highest BCUT2D eigenvalue weighted by Crippen LogP contribution is 2.26. The van der Waals surface area contributed by atoms with Crippen molar-refractivity contribution in [1.29, 1.82) is 0 Å². The van der Waals surface area contributed by atoms with Crippen molar-refractivity contribution in [2.75, 3.05) is 13.1 Å². The number of carbonyl (C=O) groups excluding carboxylic acids is 1. The second kappa shape index (κ2) is 8.74. The standard InChI is InChI=1S/C21H32N2O3S/c1-16(2)17-10-12-20(13-11-17)27(25,26)23-14-6-9-19(15-23)22-21(24)18-7-4-3-5-8-18/h10-13,16,18-19H,3-9,14-15H2,1-2H3,(H,22,24).